The van der Waals surface area contributed by atoms with Crippen LogP contribution in [0.4, 0.5) is 0 Å². The van der Waals surface area contributed by atoms with Crippen LogP contribution in [0.3, 0.4) is 0 Å². The number of benzene rings is 1. The third-order valence-electron chi connectivity index (χ3n) is 4.02. The Morgan fingerprint density at radius 2 is 2.22 bits per heavy atom. The van der Waals surface area contributed by atoms with Crippen molar-refractivity contribution in [3.05, 3.63) is 42.2 Å². The largest absolute Gasteiger partial charge is 0.493 e. The first kappa shape index (κ1) is 15.6. The Morgan fingerprint density at radius 3 is 2.87 bits per heavy atom. The highest BCUT2D eigenvalue weighted by molar-refractivity contribution is 5.95. The van der Waals surface area contributed by atoms with Crippen LogP contribution < -0.4 is 10.1 Å². The van der Waals surface area contributed by atoms with E-state index in [9.17, 15) is 4.79 Å². The van der Waals surface area contributed by atoms with Crippen LogP contribution in [0.15, 0.2) is 36.5 Å². The van der Waals surface area contributed by atoms with Gasteiger partial charge < -0.3 is 14.8 Å². The Kier molecular flexibility index (Phi) is 4.62. The van der Waals surface area contributed by atoms with Crippen molar-refractivity contribution < 1.29 is 14.3 Å². The highest BCUT2D eigenvalue weighted by Gasteiger charge is 2.26. The van der Waals surface area contributed by atoms with E-state index in [1.54, 1.807) is 10.9 Å². The Bertz CT molecular complexity index is 663. The summed E-state index contributed by atoms with van der Waals surface area (Å²) in [5, 5.41) is 7.33. The van der Waals surface area contributed by atoms with E-state index in [0.717, 1.165) is 25.1 Å². The molecule has 1 aliphatic heterocycles. The first-order valence-corrected chi connectivity index (χ1v) is 7.80. The lowest BCUT2D eigenvalue weighted by Crippen LogP contribution is -2.41. The zero-order valence-electron chi connectivity index (χ0n) is 13.4. The molecule has 3 rings (SSSR count). The number of aromatic nitrogens is 2. The summed E-state index contributed by atoms with van der Waals surface area (Å²) in [6, 6.07) is 9.55. The van der Waals surface area contributed by atoms with Crippen molar-refractivity contribution in [2.75, 3.05) is 13.7 Å². The molecular weight excluding hydrogens is 294 g/mol. The summed E-state index contributed by atoms with van der Waals surface area (Å²) in [5.41, 5.74) is 1.15. The number of ether oxygens (including phenoxy) is 2. The molecule has 1 aliphatic rings. The number of hydrogen-bond acceptors (Lipinski definition) is 4. The quantitative estimate of drug-likeness (QED) is 0.918. The van der Waals surface area contributed by atoms with E-state index >= 15 is 0 Å². The second kappa shape index (κ2) is 6.83. The summed E-state index contributed by atoms with van der Waals surface area (Å²) in [7, 11) is 1.53. The summed E-state index contributed by atoms with van der Waals surface area (Å²) < 4.78 is 12.6. The molecule has 0 bridgehead atoms. The van der Waals surface area contributed by atoms with Gasteiger partial charge in [-0.05, 0) is 31.9 Å². The predicted octanol–water partition coefficient (Wildman–Crippen LogP) is 2.18. The van der Waals surface area contributed by atoms with Crippen LogP contribution in [0.1, 0.15) is 30.3 Å². The molecule has 1 aromatic heterocycles. The molecule has 2 aromatic rings. The molecule has 23 heavy (non-hydrogen) atoms. The fourth-order valence-electron chi connectivity index (χ4n) is 2.74. The normalized spacial score (nSPS) is 18.6. The van der Waals surface area contributed by atoms with E-state index in [1.807, 2.05) is 37.3 Å². The Labute approximate surface area is 135 Å². The maximum atomic E-state index is 12.5. The van der Waals surface area contributed by atoms with Gasteiger partial charge in [-0.3, -0.25) is 4.79 Å². The van der Waals surface area contributed by atoms with Gasteiger partial charge in [0.2, 0.25) is 0 Å². The summed E-state index contributed by atoms with van der Waals surface area (Å²) in [4.78, 5) is 12.5. The van der Waals surface area contributed by atoms with Crippen LogP contribution in [-0.4, -0.2) is 41.6 Å². The van der Waals surface area contributed by atoms with E-state index in [2.05, 4.69) is 10.4 Å². The van der Waals surface area contributed by atoms with Gasteiger partial charge in [0.15, 0.2) is 11.4 Å². The van der Waals surface area contributed by atoms with Crippen molar-refractivity contribution in [1.29, 1.82) is 0 Å². The average Bonchev–Trinajstić information content (AvgIpc) is 3.25. The van der Waals surface area contributed by atoms with E-state index in [-0.39, 0.29) is 23.7 Å². The third kappa shape index (κ3) is 3.37. The molecule has 0 radical (unpaired) electrons. The molecule has 0 spiro atoms. The molecule has 1 N–H and O–H groups in total. The minimum absolute atomic E-state index is 0.0587. The van der Waals surface area contributed by atoms with Gasteiger partial charge in [0, 0.05) is 6.61 Å². The van der Waals surface area contributed by atoms with Crippen molar-refractivity contribution in [2.45, 2.75) is 31.9 Å². The maximum absolute atomic E-state index is 12.5. The lowest BCUT2D eigenvalue weighted by Gasteiger charge is -2.19. The zero-order chi connectivity index (χ0) is 16.2. The summed E-state index contributed by atoms with van der Waals surface area (Å²) in [5.74, 6) is 0.199. The Hall–Kier alpha value is -2.34. The second-order valence-electron chi connectivity index (χ2n) is 5.64. The third-order valence-corrected chi connectivity index (χ3v) is 4.02. The number of rotatable bonds is 5. The highest BCUT2D eigenvalue weighted by atomic mass is 16.5. The first-order valence-electron chi connectivity index (χ1n) is 7.80. The minimum Gasteiger partial charge on any atom is -0.493 e. The lowest BCUT2D eigenvalue weighted by molar-refractivity contribution is 0.0707. The fourth-order valence-corrected chi connectivity index (χ4v) is 2.74. The molecule has 2 heterocycles. The van der Waals surface area contributed by atoms with Crippen LogP contribution in [0.25, 0.3) is 5.69 Å². The van der Waals surface area contributed by atoms with Crippen molar-refractivity contribution in [2.24, 2.45) is 0 Å². The molecule has 0 saturated carbocycles. The molecule has 0 aliphatic carbocycles. The maximum Gasteiger partial charge on any atom is 0.275 e. The van der Waals surface area contributed by atoms with E-state index in [0.29, 0.717) is 5.75 Å². The molecular formula is C17H21N3O3. The van der Waals surface area contributed by atoms with Crippen LogP contribution in [0, 0.1) is 0 Å². The molecule has 0 unspecified atom stereocenters. The summed E-state index contributed by atoms with van der Waals surface area (Å²) >= 11 is 0. The van der Waals surface area contributed by atoms with Gasteiger partial charge >= 0.3 is 0 Å². The number of para-hydroxylation sites is 1. The van der Waals surface area contributed by atoms with E-state index in [4.69, 9.17) is 9.47 Å². The Morgan fingerprint density at radius 1 is 1.43 bits per heavy atom. The number of carbonyl (C=O) groups is 1. The topological polar surface area (TPSA) is 65.4 Å². The number of methoxy groups -OCH3 is 1. The molecule has 1 fully saturated rings. The van der Waals surface area contributed by atoms with Gasteiger partial charge in [0.1, 0.15) is 0 Å². The fraction of sp³-hybridized carbons (Fsp3) is 0.412. The van der Waals surface area contributed by atoms with Crippen LogP contribution >= 0.6 is 0 Å². The van der Waals surface area contributed by atoms with Crippen LogP contribution in [-0.2, 0) is 4.74 Å². The SMILES string of the molecule is COc1cn(-c2ccccc2)nc1C(=O)N[C@@H](C)[C@H]1CCCO1. The van der Waals surface area contributed by atoms with Crippen molar-refractivity contribution in [1.82, 2.24) is 15.1 Å². The van der Waals surface area contributed by atoms with E-state index in [1.165, 1.54) is 7.11 Å². The van der Waals surface area contributed by atoms with Gasteiger partial charge in [-0.15, -0.1) is 0 Å². The van der Waals surface area contributed by atoms with Gasteiger partial charge in [0.25, 0.3) is 5.91 Å². The van der Waals surface area contributed by atoms with Crippen molar-refractivity contribution in [3.8, 4) is 11.4 Å². The molecule has 1 amide bonds. The van der Waals surface area contributed by atoms with Gasteiger partial charge in [0.05, 0.1) is 31.1 Å². The number of hydrogen-bond donors (Lipinski definition) is 1. The molecule has 6 nitrogen and oxygen atoms in total. The van der Waals surface area contributed by atoms with Gasteiger partial charge in [-0.25, -0.2) is 4.68 Å². The van der Waals surface area contributed by atoms with Crippen LogP contribution in [0.5, 0.6) is 5.75 Å². The number of nitrogens with one attached hydrogen (secondary N) is 1. The first-order chi connectivity index (χ1) is 11.2. The van der Waals surface area contributed by atoms with Crippen molar-refractivity contribution in [3.63, 3.8) is 0 Å². The number of carbonyl (C=O) groups excluding carboxylic acids is 1. The molecule has 1 aromatic carbocycles. The average molecular weight is 315 g/mol. The van der Waals surface area contributed by atoms with Crippen molar-refractivity contribution >= 4 is 5.91 Å². The monoisotopic (exact) mass is 315 g/mol. The Balaban J connectivity index is 1.78. The standard InChI is InChI=1S/C17H21N3O3/c1-12(14-9-6-10-23-14)18-17(21)16-15(22-2)11-20(19-16)13-7-4-3-5-8-13/h3-5,7-8,11-12,14H,6,9-10H2,1-2H3,(H,18,21)/t12-,14+/m0/s1. The highest BCUT2D eigenvalue weighted by Crippen LogP contribution is 2.21. The number of amides is 1. The summed E-state index contributed by atoms with van der Waals surface area (Å²) in [6.07, 6.45) is 3.79. The predicted molar refractivity (Wildman–Crippen MR) is 86.0 cm³/mol. The second-order valence-corrected chi connectivity index (χ2v) is 5.64. The number of nitrogens with zero attached hydrogens (tertiary/aromatic N) is 2. The van der Waals surface area contributed by atoms with Gasteiger partial charge in [-0.1, -0.05) is 18.2 Å². The molecule has 122 valence electrons. The zero-order valence-corrected chi connectivity index (χ0v) is 13.4. The van der Waals surface area contributed by atoms with Gasteiger partial charge in [-0.2, -0.15) is 5.10 Å². The lowest BCUT2D eigenvalue weighted by atomic mass is 10.1. The van der Waals surface area contributed by atoms with Crippen LogP contribution in [0.2, 0.25) is 0 Å². The molecule has 1 saturated heterocycles. The minimum atomic E-state index is -0.250. The summed E-state index contributed by atoms with van der Waals surface area (Å²) in [6.45, 7) is 2.71. The smallest absolute Gasteiger partial charge is 0.275 e. The molecule has 6 heteroatoms. The molecule has 2 atom stereocenters. The van der Waals surface area contributed by atoms with E-state index < -0.39 is 0 Å².